The van der Waals surface area contributed by atoms with Crippen molar-refractivity contribution < 1.29 is 23.4 Å². The SMILES string of the molecule is Cl.N[C@@H](CS(=O)(=O)CCCO)C(=O)O. The van der Waals surface area contributed by atoms with Crippen LogP contribution >= 0.6 is 12.4 Å². The topological polar surface area (TPSA) is 118 Å². The fourth-order valence-corrected chi connectivity index (χ4v) is 2.14. The molecular formula is C6H14ClNO5S. The highest BCUT2D eigenvalue weighted by Gasteiger charge is 2.20. The number of hydrogen-bond donors (Lipinski definition) is 3. The largest absolute Gasteiger partial charge is 0.480 e. The molecule has 86 valence electrons. The molecule has 0 aliphatic heterocycles. The van der Waals surface area contributed by atoms with Crippen LogP contribution in [0.2, 0.25) is 0 Å². The van der Waals surface area contributed by atoms with Crippen molar-refractivity contribution in [1.82, 2.24) is 0 Å². The monoisotopic (exact) mass is 247 g/mol. The Bertz CT molecular complexity index is 265. The Labute approximate surface area is 88.4 Å². The molecule has 0 aromatic carbocycles. The summed E-state index contributed by atoms with van der Waals surface area (Å²) in [4.78, 5) is 10.2. The molecule has 4 N–H and O–H groups in total. The van der Waals surface area contributed by atoms with Gasteiger partial charge in [0.05, 0.1) is 11.5 Å². The number of rotatable bonds is 6. The van der Waals surface area contributed by atoms with Crippen LogP contribution < -0.4 is 5.73 Å². The van der Waals surface area contributed by atoms with Crippen LogP contribution in [0.1, 0.15) is 6.42 Å². The zero-order chi connectivity index (χ0) is 10.5. The van der Waals surface area contributed by atoms with E-state index in [-0.39, 0.29) is 31.2 Å². The summed E-state index contributed by atoms with van der Waals surface area (Å²) in [5.74, 6) is -2.15. The van der Waals surface area contributed by atoms with Gasteiger partial charge in [0.2, 0.25) is 0 Å². The van der Waals surface area contributed by atoms with E-state index in [2.05, 4.69) is 0 Å². The molecule has 0 spiro atoms. The quantitative estimate of drug-likeness (QED) is 0.532. The van der Waals surface area contributed by atoms with Crippen LogP contribution in [0.4, 0.5) is 0 Å². The second-order valence-corrected chi connectivity index (χ2v) is 4.86. The Morgan fingerprint density at radius 1 is 1.43 bits per heavy atom. The molecule has 0 aliphatic carbocycles. The number of halogens is 1. The molecule has 0 bridgehead atoms. The number of carboxylic acid groups (broad SMARTS) is 1. The van der Waals surface area contributed by atoms with Crippen molar-refractivity contribution in [3.05, 3.63) is 0 Å². The summed E-state index contributed by atoms with van der Waals surface area (Å²) in [5.41, 5.74) is 5.03. The van der Waals surface area contributed by atoms with Gasteiger partial charge in [0.1, 0.15) is 6.04 Å². The molecular weight excluding hydrogens is 234 g/mol. The van der Waals surface area contributed by atoms with Gasteiger partial charge in [-0.05, 0) is 6.42 Å². The van der Waals surface area contributed by atoms with E-state index >= 15 is 0 Å². The van der Waals surface area contributed by atoms with Gasteiger partial charge in [0, 0.05) is 6.61 Å². The fourth-order valence-electron chi connectivity index (χ4n) is 0.713. The third kappa shape index (κ3) is 7.07. The van der Waals surface area contributed by atoms with Crippen LogP contribution in [0, 0.1) is 0 Å². The average Bonchev–Trinajstić information content (AvgIpc) is 2.00. The van der Waals surface area contributed by atoms with Gasteiger partial charge in [-0.1, -0.05) is 0 Å². The predicted molar refractivity (Wildman–Crippen MR) is 53.2 cm³/mol. The molecule has 0 aromatic rings. The van der Waals surface area contributed by atoms with E-state index < -0.39 is 27.6 Å². The summed E-state index contributed by atoms with van der Waals surface area (Å²) >= 11 is 0. The minimum atomic E-state index is -3.45. The number of aliphatic hydroxyl groups is 1. The first kappa shape index (κ1) is 16.1. The summed E-state index contributed by atoms with van der Waals surface area (Å²) in [6.07, 6.45) is 0.106. The molecule has 0 fully saturated rings. The van der Waals surface area contributed by atoms with E-state index in [9.17, 15) is 13.2 Å². The van der Waals surface area contributed by atoms with Crippen LogP contribution in [0.3, 0.4) is 0 Å². The third-order valence-electron chi connectivity index (χ3n) is 1.36. The lowest BCUT2D eigenvalue weighted by atomic mass is 10.4. The molecule has 0 amide bonds. The maximum Gasteiger partial charge on any atom is 0.321 e. The normalized spacial score (nSPS) is 13.0. The summed E-state index contributed by atoms with van der Waals surface area (Å²) < 4.78 is 22.1. The van der Waals surface area contributed by atoms with Crippen molar-refractivity contribution in [2.75, 3.05) is 18.1 Å². The second kappa shape index (κ2) is 6.99. The molecule has 1 atom stereocenters. The standard InChI is InChI=1S/C6H13NO5S.ClH/c7-5(6(9)10)4-13(11,12)3-1-2-8;/h5,8H,1-4,7H2,(H,9,10);1H/t5-;/m0./s1. The summed E-state index contributed by atoms with van der Waals surface area (Å²) in [7, 11) is -3.45. The first-order valence-corrected chi connectivity index (χ1v) is 5.51. The molecule has 0 radical (unpaired) electrons. The Morgan fingerprint density at radius 2 is 1.93 bits per heavy atom. The van der Waals surface area contributed by atoms with Crippen LogP contribution in [-0.4, -0.2) is 48.8 Å². The van der Waals surface area contributed by atoms with Crippen molar-refractivity contribution >= 4 is 28.2 Å². The van der Waals surface area contributed by atoms with Crippen molar-refractivity contribution in [2.24, 2.45) is 5.73 Å². The molecule has 0 aliphatic rings. The Morgan fingerprint density at radius 3 is 2.29 bits per heavy atom. The Balaban J connectivity index is 0. The summed E-state index contributed by atoms with van der Waals surface area (Å²) in [6.45, 7) is -0.235. The summed E-state index contributed by atoms with van der Waals surface area (Å²) in [6, 6.07) is -1.39. The highest BCUT2D eigenvalue weighted by Crippen LogP contribution is 1.96. The van der Waals surface area contributed by atoms with Crippen LogP contribution in [0.15, 0.2) is 0 Å². The number of carboxylic acids is 1. The van der Waals surface area contributed by atoms with Gasteiger partial charge in [-0.15, -0.1) is 12.4 Å². The number of aliphatic carboxylic acids is 1. The second-order valence-electron chi connectivity index (χ2n) is 2.64. The summed E-state index contributed by atoms with van der Waals surface area (Å²) in [5, 5.41) is 16.7. The number of carbonyl (C=O) groups is 1. The zero-order valence-corrected chi connectivity index (χ0v) is 9.05. The molecule has 0 rings (SSSR count). The van der Waals surface area contributed by atoms with Crippen LogP contribution in [0.25, 0.3) is 0 Å². The molecule has 8 heteroatoms. The molecule has 0 heterocycles. The first-order chi connectivity index (χ1) is 5.89. The molecule has 14 heavy (non-hydrogen) atoms. The Kier molecular flexibility index (Phi) is 8.03. The fraction of sp³-hybridized carbons (Fsp3) is 0.833. The average molecular weight is 248 g/mol. The minimum absolute atomic E-state index is 0. The van der Waals surface area contributed by atoms with Crippen molar-refractivity contribution in [2.45, 2.75) is 12.5 Å². The van der Waals surface area contributed by atoms with Gasteiger partial charge in [-0.25, -0.2) is 8.42 Å². The lowest BCUT2D eigenvalue weighted by molar-refractivity contribution is -0.137. The van der Waals surface area contributed by atoms with Crippen LogP contribution in [0.5, 0.6) is 0 Å². The van der Waals surface area contributed by atoms with E-state index in [1.165, 1.54) is 0 Å². The smallest absolute Gasteiger partial charge is 0.321 e. The number of hydrogen-bond acceptors (Lipinski definition) is 5. The van der Waals surface area contributed by atoms with Crippen molar-refractivity contribution in [3.8, 4) is 0 Å². The minimum Gasteiger partial charge on any atom is -0.480 e. The van der Waals surface area contributed by atoms with E-state index in [1.54, 1.807) is 0 Å². The van der Waals surface area contributed by atoms with Gasteiger partial charge >= 0.3 is 5.97 Å². The highest BCUT2D eigenvalue weighted by molar-refractivity contribution is 7.91. The van der Waals surface area contributed by atoms with E-state index in [4.69, 9.17) is 15.9 Å². The lowest BCUT2D eigenvalue weighted by Crippen LogP contribution is -2.38. The van der Waals surface area contributed by atoms with E-state index in [1.807, 2.05) is 0 Å². The van der Waals surface area contributed by atoms with Gasteiger partial charge in [-0.2, -0.15) is 0 Å². The molecule has 6 nitrogen and oxygen atoms in total. The van der Waals surface area contributed by atoms with Crippen LogP contribution in [-0.2, 0) is 14.6 Å². The molecule has 0 unspecified atom stereocenters. The highest BCUT2D eigenvalue weighted by atomic mass is 35.5. The predicted octanol–water partition coefficient (Wildman–Crippen LogP) is -1.38. The lowest BCUT2D eigenvalue weighted by Gasteiger charge is -2.06. The molecule has 0 saturated carbocycles. The van der Waals surface area contributed by atoms with Gasteiger partial charge in [0.25, 0.3) is 0 Å². The van der Waals surface area contributed by atoms with E-state index in [0.717, 1.165) is 0 Å². The van der Waals surface area contributed by atoms with Crippen molar-refractivity contribution in [3.63, 3.8) is 0 Å². The maximum atomic E-state index is 11.0. The maximum absolute atomic E-state index is 11.0. The number of aliphatic hydroxyl groups excluding tert-OH is 1. The molecule has 0 saturated heterocycles. The number of sulfone groups is 1. The molecule has 0 aromatic heterocycles. The Hall–Kier alpha value is -0.370. The third-order valence-corrected chi connectivity index (χ3v) is 3.14. The number of nitrogens with two attached hydrogens (primary N) is 1. The first-order valence-electron chi connectivity index (χ1n) is 3.68. The van der Waals surface area contributed by atoms with E-state index in [0.29, 0.717) is 0 Å². The van der Waals surface area contributed by atoms with Gasteiger partial charge in [-0.3, -0.25) is 4.79 Å². The van der Waals surface area contributed by atoms with Gasteiger partial charge < -0.3 is 15.9 Å². The van der Waals surface area contributed by atoms with Gasteiger partial charge in [0.15, 0.2) is 9.84 Å². The zero-order valence-electron chi connectivity index (χ0n) is 7.42. The van der Waals surface area contributed by atoms with Crippen molar-refractivity contribution in [1.29, 1.82) is 0 Å².